The molecule has 174 valence electrons. The number of thioether (sulfide) groups is 1. The molecule has 0 radical (unpaired) electrons. The van der Waals surface area contributed by atoms with Crippen molar-refractivity contribution in [3.63, 3.8) is 0 Å². The Balaban J connectivity index is 1.71. The molecule has 9 nitrogen and oxygen atoms in total. The Morgan fingerprint density at radius 3 is 2.67 bits per heavy atom. The summed E-state index contributed by atoms with van der Waals surface area (Å²) in [5.41, 5.74) is 0.960. The number of fused-ring (bicyclic) bond motifs is 1. The minimum Gasteiger partial charge on any atom is -0.358 e. The number of rotatable bonds is 10. The van der Waals surface area contributed by atoms with Crippen molar-refractivity contribution in [2.45, 2.75) is 62.8 Å². The fourth-order valence-corrected chi connectivity index (χ4v) is 5.34. The highest BCUT2D eigenvalue weighted by molar-refractivity contribution is 8.00. The summed E-state index contributed by atoms with van der Waals surface area (Å²) < 4.78 is 4.31. The van der Waals surface area contributed by atoms with E-state index in [1.165, 1.54) is 27.7 Å². The van der Waals surface area contributed by atoms with Crippen LogP contribution < -0.4 is 16.6 Å². The van der Waals surface area contributed by atoms with Crippen LogP contribution in [-0.2, 0) is 18.8 Å². The van der Waals surface area contributed by atoms with Gasteiger partial charge in [-0.1, -0.05) is 66.8 Å². The van der Waals surface area contributed by atoms with Gasteiger partial charge in [0.2, 0.25) is 5.13 Å². The molecule has 0 aliphatic heterocycles. The number of anilines is 1. The number of unbranched alkanes of at least 4 members (excludes halogenated alkanes) is 1. The van der Waals surface area contributed by atoms with Crippen LogP contribution in [0.25, 0.3) is 11.2 Å². The van der Waals surface area contributed by atoms with Gasteiger partial charge in [-0.2, -0.15) is 0 Å². The molecule has 0 atom stereocenters. The number of hydrogen-bond acceptors (Lipinski definition) is 8. The van der Waals surface area contributed by atoms with Gasteiger partial charge in [-0.05, 0) is 25.8 Å². The third-order valence-corrected chi connectivity index (χ3v) is 7.01. The van der Waals surface area contributed by atoms with E-state index in [1.54, 1.807) is 0 Å². The van der Waals surface area contributed by atoms with Gasteiger partial charge < -0.3 is 9.88 Å². The number of nitrogens with zero attached hydrogens (tertiary/aromatic N) is 5. The van der Waals surface area contributed by atoms with E-state index in [9.17, 15) is 9.59 Å². The highest BCUT2D eigenvalue weighted by Gasteiger charge is 2.19. The largest absolute Gasteiger partial charge is 0.358 e. The van der Waals surface area contributed by atoms with Crippen LogP contribution in [0, 0.1) is 0 Å². The lowest BCUT2D eigenvalue weighted by Gasteiger charge is -2.08. The Hall–Kier alpha value is -2.92. The van der Waals surface area contributed by atoms with E-state index in [4.69, 9.17) is 4.98 Å². The number of benzene rings is 1. The first kappa shape index (κ1) is 23.2. The predicted molar refractivity (Wildman–Crippen MR) is 133 cm³/mol. The van der Waals surface area contributed by atoms with Crippen LogP contribution in [0.4, 0.5) is 5.13 Å². The minimum atomic E-state index is -0.454. The van der Waals surface area contributed by atoms with E-state index in [2.05, 4.69) is 41.3 Å². The third-order valence-electron chi connectivity index (χ3n) is 5.03. The third kappa shape index (κ3) is 5.36. The SMILES string of the molecule is CCCCn1c(CSc2nnc(NC(C)C)s2)nc2c1c(=O)[nH]c(=O)n2Cc1ccccc1. The van der Waals surface area contributed by atoms with Gasteiger partial charge in [0, 0.05) is 12.6 Å². The highest BCUT2D eigenvalue weighted by Crippen LogP contribution is 2.29. The molecule has 2 N–H and O–H groups in total. The fourth-order valence-electron chi connectivity index (χ4n) is 3.50. The normalized spacial score (nSPS) is 11.5. The van der Waals surface area contributed by atoms with Crippen LogP contribution >= 0.6 is 23.1 Å². The number of nitrogens with one attached hydrogen (secondary N) is 2. The minimum absolute atomic E-state index is 0.280. The summed E-state index contributed by atoms with van der Waals surface area (Å²) in [5, 5.41) is 12.5. The number of H-pyrrole nitrogens is 1. The van der Waals surface area contributed by atoms with Crippen LogP contribution in [0.2, 0.25) is 0 Å². The first-order chi connectivity index (χ1) is 16.0. The highest BCUT2D eigenvalue weighted by atomic mass is 32.2. The smallest absolute Gasteiger partial charge is 0.330 e. The molecule has 3 heterocycles. The molecule has 0 spiro atoms. The molecule has 33 heavy (non-hydrogen) atoms. The zero-order valence-electron chi connectivity index (χ0n) is 18.9. The molecule has 4 aromatic rings. The van der Waals surface area contributed by atoms with Crippen LogP contribution in [0.15, 0.2) is 44.3 Å². The van der Waals surface area contributed by atoms with Gasteiger partial charge in [0.25, 0.3) is 5.56 Å². The Morgan fingerprint density at radius 2 is 1.94 bits per heavy atom. The van der Waals surface area contributed by atoms with Gasteiger partial charge in [0.05, 0.1) is 12.3 Å². The molecular weight excluding hydrogens is 458 g/mol. The number of imidazole rings is 1. The molecule has 0 amide bonds. The van der Waals surface area contributed by atoms with Gasteiger partial charge in [-0.25, -0.2) is 9.78 Å². The fraction of sp³-hybridized carbons (Fsp3) is 0.409. The Bertz CT molecular complexity index is 1340. The quantitative estimate of drug-likeness (QED) is 0.330. The summed E-state index contributed by atoms with van der Waals surface area (Å²) in [5.74, 6) is 1.27. The topological polar surface area (TPSA) is 110 Å². The standard InChI is InChI=1S/C22H27N7O2S2/c1-4-5-11-28-16(13-32-22-27-26-20(33-22)23-14(2)3)24-18-17(28)19(30)25-21(31)29(18)12-15-9-7-6-8-10-15/h6-10,14H,4-5,11-13H2,1-3H3,(H,23,26)(H,25,30,31). The summed E-state index contributed by atoms with van der Waals surface area (Å²) in [6.45, 7) is 7.21. The number of aromatic amines is 1. The number of aryl methyl sites for hydroxylation is 1. The average molecular weight is 486 g/mol. The molecule has 0 aliphatic rings. The maximum atomic E-state index is 12.8. The first-order valence-electron chi connectivity index (χ1n) is 10.9. The van der Waals surface area contributed by atoms with Crippen molar-refractivity contribution in [3.05, 3.63) is 62.6 Å². The number of aromatic nitrogens is 6. The van der Waals surface area contributed by atoms with Crippen molar-refractivity contribution in [1.82, 2.24) is 29.3 Å². The van der Waals surface area contributed by atoms with E-state index in [0.717, 1.165) is 33.7 Å². The summed E-state index contributed by atoms with van der Waals surface area (Å²) in [6.07, 6.45) is 1.89. The molecule has 0 saturated heterocycles. The van der Waals surface area contributed by atoms with Crippen LogP contribution in [0.5, 0.6) is 0 Å². The predicted octanol–water partition coefficient (Wildman–Crippen LogP) is 3.70. The molecule has 4 rings (SSSR count). The molecule has 11 heteroatoms. The van der Waals surface area contributed by atoms with Gasteiger partial charge in [-0.15, -0.1) is 10.2 Å². The second-order valence-corrected chi connectivity index (χ2v) is 10.2. The molecule has 1 aromatic carbocycles. The lowest BCUT2D eigenvalue weighted by atomic mass is 10.2. The molecule has 3 aromatic heterocycles. The van der Waals surface area contributed by atoms with Gasteiger partial charge >= 0.3 is 5.69 Å². The maximum Gasteiger partial charge on any atom is 0.330 e. The van der Waals surface area contributed by atoms with Crippen LogP contribution in [-0.4, -0.2) is 35.3 Å². The molecule has 0 unspecified atom stereocenters. The zero-order chi connectivity index (χ0) is 23.4. The first-order valence-corrected chi connectivity index (χ1v) is 12.8. The molecule has 0 saturated carbocycles. The Labute approximate surface area is 199 Å². The summed E-state index contributed by atoms with van der Waals surface area (Å²) in [6, 6.07) is 9.96. The van der Waals surface area contributed by atoms with Crippen LogP contribution in [0.3, 0.4) is 0 Å². The molecular formula is C22H27N7O2S2. The van der Waals surface area contributed by atoms with Gasteiger partial charge in [-0.3, -0.25) is 14.3 Å². The van der Waals surface area contributed by atoms with E-state index in [-0.39, 0.29) is 6.04 Å². The second kappa shape index (κ2) is 10.3. The average Bonchev–Trinajstić information content (AvgIpc) is 3.38. The second-order valence-electron chi connectivity index (χ2n) is 8.00. The molecule has 0 bridgehead atoms. The molecule has 0 fully saturated rings. The Morgan fingerprint density at radius 1 is 1.15 bits per heavy atom. The zero-order valence-corrected chi connectivity index (χ0v) is 20.5. The van der Waals surface area contributed by atoms with Crippen molar-refractivity contribution in [2.75, 3.05) is 5.32 Å². The van der Waals surface area contributed by atoms with Crippen molar-refractivity contribution in [1.29, 1.82) is 0 Å². The van der Waals surface area contributed by atoms with Crippen molar-refractivity contribution < 1.29 is 0 Å². The summed E-state index contributed by atoms with van der Waals surface area (Å²) >= 11 is 3.02. The Kier molecular flexibility index (Phi) is 7.29. The van der Waals surface area contributed by atoms with Gasteiger partial charge in [0.1, 0.15) is 5.82 Å². The van der Waals surface area contributed by atoms with Crippen molar-refractivity contribution >= 4 is 39.4 Å². The van der Waals surface area contributed by atoms with Crippen LogP contribution in [0.1, 0.15) is 45.0 Å². The van der Waals surface area contributed by atoms with E-state index in [0.29, 0.717) is 30.0 Å². The van der Waals surface area contributed by atoms with E-state index >= 15 is 0 Å². The summed E-state index contributed by atoms with van der Waals surface area (Å²) in [4.78, 5) is 32.8. The van der Waals surface area contributed by atoms with Gasteiger partial charge in [0.15, 0.2) is 15.5 Å². The van der Waals surface area contributed by atoms with Crippen molar-refractivity contribution in [3.8, 4) is 0 Å². The lowest BCUT2D eigenvalue weighted by Crippen LogP contribution is -2.31. The van der Waals surface area contributed by atoms with E-state index < -0.39 is 11.2 Å². The van der Waals surface area contributed by atoms with E-state index in [1.807, 2.05) is 34.9 Å². The van der Waals surface area contributed by atoms with Crippen molar-refractivity contribution in [2.24, 2.45) is 0 Å². The molecule has 0 aliphatic carbocycles. The monoisotopic (exact) mass is 485 g/mol. The number of hydrogen-bond donors (Lipinski definition) is 2. The lowest BCUT2D eigenvalue weighted by molar-refractivity contribution is 0.626. The maximum absolute atomic E-state index is 12.8. The summed E-state index contributed by atoms with van der Waals surface area (Å²) in [7, 11) is 0.